The fourth-order valence-electron chi connectivity index (χ4n) is 0.358. The van der Waals surface area contributed by atoms with Crippen LogP contribution in [0.15, 0.2) is 0 Å². The van der Waals surface area contributed by atoms with E-state index in [2.05, 4.69) is 5.14 Å². The highest BCUT2D eigenvalue weighted by Gasteiger charge is 2.05. The summed E-state index contributed by atoms with van der Waals surface area (Å²) in [7, 11) is -3.51. The van der Waals surface area contributed by atoms with Crippen molar-refractivity contribution < 1.29 is 13.2 Å². The second-order valence-corrected chi connectivity index (χ2v) is 3.59. The molecule has 0 aromatic heterocycles. The largest absolute Gasteiger partial charge is 0.324 e. The minimum absolute atomic E-state index is 0.0880. The monoisotopic (exact) mass is 166 g/mol. The van der Waals surface area contributed by atoms with Crippen LogP contribution < -0.4 is 10.9 Å². The topological polar surface area (TPSA) is 103 Å². The zero-order valence-electron chi connectivity index (χ0n) is 5.41. The van der Waals surface area contributed by atoms with E-state index in [0.717, 1.165) is 0 Å². The molecule has 5 nitrogen and oxygen atoms in total. The number of primary sulfonamides is 1. The van der Waals surface area contributed by atoms with Crippen LogP contribution in [-0.2, 0) is 14.8 Å². The number of ketones is 1. The minimum atomic E-state index is -3.51. The van der Waals surface area contributed by atoms with E-state index in [4.69, 9.17) is 5.73 Å². The molecule has 0 aliphatic heterocycles. The molecule has 0 spiro atoms. The number of hydrogen-bond acceptors (Lipinski definition) is 4. The Morgan fingerprint density at radius 3 is 2.20 bits per heavy atom. The Bertz CT molecular complexity index is 209. The average molecular weight is 166 g/mol. The molecule has 0 unspecified atom stereocenters. The summed E-state index contributed by atoms with van der Waals surface area (Å²) < 4.78 is 20.5. The molecule has 0 aliphatic rings. The van der Waals surface area contributed by atoms with Crippen LogP contribution in [0, 0.1) is 0 Å². The van der Waals surface area contributed by atoms with Crippen molar-refractivity contribution in [3.8, 4) is 0 Å². The van der Waals surface area contributed by atoms with Crippen LogP contribution in [0.25, 0.3) is 0 Å². The molecule has 0 radical (unpaired) electrons. The van der Waals surface area contributed by atoms with Crippen LogP contribution in [0.4, 0.5) is 0 Å². The van der Waals surface area contributed by atoms with E-state index >= 15 is 0 Å². The summed E-state index contributed by atoms with van der Waals surface area (Å²) in [6.45, 7) is -0.129. The molecule has 10 heavy (non-hydrogen) atoms. The summed E-state index contributed by atoms with van der Waals surface area (Å²) in [5, 5.41) is 4.62. The van der Waals surface area contributed by atoms with Gasteiger partial charge in [0.15, 0.2) is 0 Å². The van der Waals surface area contributed by atoms with Crippen LogP contribution in [-0.4, -0.2) is 26.5 Å². The highest BCUT2D eigenvalue weighted by Crippen LogP contribution is 1.85. The van der Waals surface area contributed by atoms with Gasteiger partial charge in [-0.05, 0) is 0 Å². The molecule has 0 aromatic carbocycles. The first kappa shape index (κ1) is 9.54. The molecule has 0 amide bonds. The fourth-order valence-corrected chi connectivity index (χ4v) is 0.870. The van der Waals surface area contributed by atoms with Crippen LogP contribution in [0.3, 0.4) is 0 Å². The Hall–Kier alpha value is -0.460. The molecular weight excluding hydrogens is 156 g/mol. The lowest BCUT2D eigenvalue weighted by Crippen LogP contribution is -2.22. The fraction of sp³-hybridized carbons (Fsp3) is 0.750. The molecule has 0 aliphatic carbocycles. The predicted octanol–water partition coefficient (Wildman–Crippen LogP) is -1.81. The van der Waals surface area contributed by atoms with E-state index < -0.39 is 10.0 Å². The van der Waals surface area contributed by atoms with Crippen LogP contribution in [0.1, 0.15) is 6.42 Å². The highest BCUT2D eigenvalue weighted by atomic mass is 32.2. The maximum absolute atomic E-state index is 10.4. The standard InChI is InChI=1S/C4H10N2O3S/c5-3-4(7)1-2-10(6,8)9/h1-3,5H2,(H2,6,8,9). The number of Topliss-reactive ketones (excluding diaryl/α,β-unsaturated/α-hetero) is 1. The van der Waals surface area contributed by atoms with Gasteiger partial charge in [-0.2, -0.15) is 0 Å². The normalized spacial score (nSPS) is 11.4. The highest BCUT2D eigenvalue weighted by molar-refractivity contribution is 7.89. The molecule has 0 saturated carbocycles. The quantitative estimate of drug-likeness (QED) is 0.513. The van der Waals surface area contributed by atoms with Crippen molar-refractivity contribution in [3.05, 3.63) is 0 Å². The predicted molar refractivity (Wildman–Crippen MR) is 36.7 cm³/mol. The minimum Gasteiger partial charge on any atom is -0.324 e. The molecule has 0 fully saturated rings. The van der Waals surface area contributed by atoms with Gasteiger partial charge >= 0.3 is 0 Å². The Kier molecular flexibility index (Phi) is 3.48. The van der Waals surface area contributed by atoms with Crippen molar-refractivity contribution in [3.63, 3.8) is 0 Å². The molecule has 6 heteroatoms. The lowest BCUT2D eigenvalue weighted by molar-refractivity contribution is -0.117. The van der Waals surface area contributed by atoms with Crippen molar-refractivity contribution in [2.75, 3.05) is 12.3 Å². The van der Waals surface area contributed by atoms with Gasteiger partial charge in [0.2, 0.25) is 10.0 Å². The van der Waals surface area contributed by atoms with Gasteiger partial charge in [-0.15, -0.1) is 0 Å². The molecule has 0 saturated heterocycles. The smallest absolute Gasteiger partial charge is 0.209 e. The number of sulfonamides is 1. The van der Waals surface area contributed by atoms with Gasteiger partial charge in [0.1, 0.15) is 5.78 Å². The van der Waals surface area contributed by atoms with Gasteiger partial charge in [0, 0.05) is 6.42 Å². The number of nitrogens with two attached hydrogens (primary N) is 2. The van der Waals surface area contributed by atoms with Gasteiger partial charge in [0.25, 0.3) is 0 Å². The van der Waals surface area contributed by atoms with Crippen molar-refractivity contribution in [1.29, 1.82) is 0 Å². The average Bonchev–Trinajstić information content (AvgIpc) is 1.81. The SMILES string of the molecule is NCC(=O)CCS(N)(=O)=O. The lowest BCUT2D eigenvalue weighted by Gasteiger charge is -1.94. The molecule has 0 heterocycles. The molecule has 60 valence electrons. The summed E-state index contributed by atoms with van der Waals surface area (Å²) in [4.78, 5) is 10.4. The van der Waals surface area contributed by atoms with Gasteiger partial charge in [-0.3, -0.25) is 4.79 Å². The van der Waals surface area contributed by atoms with Gasteiger partial charge in [0.05, 0.1) is 12.3 Å². The van der Waals surface area contributed by atoms with Gasteiger partial charge in [-0.25, -0.2) is 13.6 Å². The number of carbonyl (C=O) groups is 1. The first-order chi connectivity index (χ1) is 4.45. The molecule has 0 bridgehead atoms. The van der Waals surface area contributed by atoms with E-state index in [9.17, 15) is 13.2 Å². The summed E-state index contributed by atoms with van der Waals surface area (Å²) in [5.41, 5.74) is 4.92. The maximum atomic E-state index is 10.4. The summed E-state index contributed by atoms with van der Waals surface area (Å²) in [6.07, 6.45) is -0.0880. The molecule has 0 rings (SSSR count). The number of carbonyl (C=O) groups excluding carboxylic acids is 1. The molecule has 0 aromatic rings. The van der Waals surface area contributed by atoms with E-state index in [1.807, 2.05) is 0 Å². The van der Waals surface area contributed by atoms with E-state index in [-0.39, 0.29) is 24.5 Å². The zero-order valence-corrected chi connectivity index (χ0v) is 6.23. The summed E-state index contributed by atoms with van der Waals surface area (Å²) in [6, 6.07) is 0. The second kappa shape index (κ2) is 3.65. The van der Waals surface area contributed by atoms with Crippen molar-refractivity contribution in [2.45, 2.75) is 6.42 Å². The van der Waals surface area contributed by atoms with Crippen LogP contribution >= 0.6 is 0 Å². The van der Waals surface area contributed by atoms with Gasteiger partial charge < -0.3 is 5.73 Å². The Labute approximate surface area is 59.4 Å². The van der Waals surface area contributed by atoms with E-state index in [1.54, 1.807) is 0 Å². The third kappa shape index (κ3) is 5.67. The zero-order chi connectivity index (χ0) is 8.20. The van der Waals surface area contributed by atoms with Crippen LogP contribution in [0.2, 0.25) is 0 Å². The van der Waals surface area contributed by atoms with Crippen molar-refractivity contribution in [1.82, 2.24) is 0 Å². The number of rotatable bonds is 4. The summed E-state index contributed by atoms with van der Waals surface area (Å²) in [5.74, 6) is -0.614. The van der Waals surface area contributed by atoms with Crippen molar-refractivity contribution >= 4 is 15.8 Å². The third-order valence-corrected chi connectivity index (χ3v) is 1.67. The van der Waals surface area contributed by atoms with Gasteiger partial charge in [-0.1, -0.05) is 0 Å². The van der Waals surface area contributed by atoms with Crippen molar-refractivity contribution in [2.24, 2.45) is 10.9 Å². The molecule has 0 atom stereocenters. The number of hydrogen-bond donors (Lipinski definition) is 2. The Balaban J connectivity index is 3.67. The summed E-state index contributed by atoms with van der Waals surface area (Å²) >= 11 is 0. The second-order valence-electron chi connectivity index (χ2n) is 1.86. The van der Waals surface area contributed by atoms with E-state index in [0.29, 0.717) is 0 Å². The molecule has 4 N–H and O–H groups in total. The first-order valence-corrected chi connectivity index (χ1v) is 4.39. The van der Waals surface area contributed by atoms with E-state index in [1.165, 1.54) is 0 Å². The maximum Gasteiger partial charge on any atom is 0.209 e. The molecular formula is C4H10N2O3S. The lowest BCUT2D eigenvalue weighted by atomic mass is 10.3. The first-order valence-electron chi connectivity index (χ1n) is 2.68. The van der Waals surface area contributed by atoms with Crippen LogP contribution in [0.5, 0.6) is 0 Å². The Morgan fingerprint density at radius 2 is 1.90 bits per heavy atom. The third-order valence-electron chi connectivity index (χ3n) is 0.893. The Morgan fingerprint density at radius 1 is 1.40 bits per heavy atom.